The lowest BCUT2D eigenvalue weighted by Gasteiger charge is -2.26. The molecule has 5 heteroatoms. The molecule has 4 rings (SSSR count). The summed E-state index contributed by atoms with van der Waals surface area (Å²) in [5.41, 5.74) is 5.25. The highest BCUT2D eigenvalue weighted by Gasteiger charge is 2.13. The Morgan fingerprint density at radius 3 is 2.70 bits per heavy atom. The Kier molecular flexibility index (Phi) is 6.19. The summed E-state index contributed by atoms with van der Waals surface area (Å²) >= 11 is 0. The van der Waals surface area contributed by atoms with Crippen LogP contribution in [0.2, 0.25) is 0 Å². The Labute approximate surface area is 177 Å². The SMILES string of the molecule is COc1ccc(C2=CCN(CCCCc3c[nH]c4ccc(C(=O)O)cc34)CC2)cc1. The third-order valence-electron chi connectivity index (χ3n) is 5.94. The molecule has 2 heterocycles. The van der Waals surface area contributed by atoms with Crippen molar-refractivity contribution in [2.75, 3.05) is 26.7 Å². The fourth-order valence-corrected chi connectivity index (χ4v) is 4.15. The van der Waals surface area contributed by atoms with Crippen LogP contribution in [-0.2, 0) is 6.42 Å². The number of ether oxygens (including phenoxy) is 1. The molecule has 30 heavy (non-hydrogen) atoms. The number of hydrogen-bond donors (Lipinski definition) is 2. The predicted octanol–water partition coefficient (Wildman–Crippen LogP) is 4.99. The average Bonchev–Trinajstić information content (AvgIpc) is 3.19. The quantitative estimate of drug-likeness (QED) is 0.519. The van der Waals surface area contributed by atoms with Crippen molar-refractivity contribution in [3.05, 3.63) is 71.4 Å². The van der Waals surface area contributed by atoms with Crippen molar-refractivity contribution in [2.45, 2.75) is 25.7 Å². The van der Waals surface area contributed by atoms with Gasteiger partial charge in [-0.15, -0.1) is 0 Å². The van der Waals surface area contributed by atoms with Gasteiger partial charge < -0.3 is 14.8 Å². The molecule has 0 bridgehead atoms. The molecule has 156 valence electrons. The Morgan fingerprint density at radius 2 is 2.00 bits per heavy atom. The molecule has 0 atom stereocenters. The van der Waals surface area contributed by atoms with E-state index >= 15 is 0 Å². The van der Waals surface area contributed by atoms with Crippen LogP contribution in [0.3, 0.4) is 0 Å². The number of benzene rings is 2. The molecule has 0 fully saturated rings. The van der Waals surface area contributed by atoms with Crippen LogP contribution in [0, 0.1) is 0 Å². The Hall–Kier alpha value is -3.05. The largest absolute Gasteiger partial charge is 0.497 e. The fraction of sp³-hybridized carbons (Fsp3) is 0.320. The summed E-state index contributed by atoms with van der Waals surface area (Å²) in [5.74, 6) is 0.0161. The first-order valence-electron chi connectivity index (χ1n) is 10.5. The molecule has 0 radical (unpaired) electrons. The normalized spacial score (nSPS) is 14.6. The number of methoxy groups -OCH3 is 1. The molecule has 0 saturated carbocycles. The summed E-state index contributed by atoms with van der Waals surface area (Å²) in [4.78, 5) is 17.0. The molecular formula is C25H28N2O3. The molecular weight excluding hydrogens is 376 g/mol. The molecule has 3 aromatic rings. The van der Waals surface area contributed by atoms with Crippen LogP contribution >= 0.6 is 0 Å². The summed E-state index contributed by atoms with van der Waals surface area (Å²) < 4.78 is 5.24. The number of carbonyl (C=O) groups is 1. The number of unbranched alkanes of at least 4 members (excludes halogenated alkanes) is 1. The van der Waals surface area contributed by atoms with Crippen LogP contribution in [0.5, 0.6) is 5.75 Å². The molecule has 1 aliphatic rings. The van der Waals surface area contributed by atoms with Crippen molar-refractivity contribution in [1.82, 2.24) is 9.88 Å². The van der Waals surface area contributed by atoms with Crippen LogP contribution < -0.4 is 4.74 Å². The zero-order valence-corrected chi connectivity index (χ0v) is 17.4. The lowest BCUT2D eigenvalue weighted by molar-refractivity contribution is 0.0697. The van der Waals surface area contributed by atoms with Gasteiger partial charge in [-0.05, 0) is 79.3 Å². The van der Waals surface area contributed by atoms with Crippen LogP contribution in [0.25, 0.3) is 16.5 Å². The number of rotatable bonds is 8. The molecule has 5 nitrogen and oxygen atoms in total. The van der Waals surface area contributed by atoms with Gasteiger partial charge in [-0.3, -0.25) is 4.90 Å². The first kappa shape index (κ1) is 20.2. The smallest absolute Gasteiger partial charge is 0.335 e. The summed E-state index contributed by atoms with van der Waals surface area (Å²) in [6.07, 6.45) is 8.63. The average molecular weight is 405 g/mol. The molecule has 0 aliphatic carbocycles. The maximum Gasteiger partial charge on any atom is 0.335 e. The monoisotopic (exact) mass is 404 g/mol. The summed E-state index contributed by atoms with van der Waals surface area (Å²) in [7, 11) is 1.69. The van der Waals surface area contributed by atoms with E-state index in [-0.39, 0.29) is 0 Å². The van der Waals surface area contributed by atoms with Gasteiger partial charge in [0.05, 0.1) is 12.7 Å². The van der Waals surface area contributed by atoms with Crippen molar-refractivity contribution >= 4 is 22.4 Å². The number of hydrogen-bond acceptors (Lipinski definition) is 3. The molecule has 2 aromatic carbocycles. The van der Waals surface area contributed by atoms with Gasteiger partial charge >= 0.3 is 5.97 Å². The van der Waals surface area contributed by atoms with Crippen molar-refractivity contribution in [3.63, 3.8) is 0 Å². The van der Waals surface area contributed by atoms with Gasteiger partial charge in [0.1, 0.15) is 5.75 Å². The highest BCUT2D eigenvalue weighted by Crippen LogP contribution is 2.25. The second kappa shape index (κ2) is 9.18. The van der Waals surface area contributed by atoms with E-state index in [1.807, 2.05) is 24.4 Å². The number of aromatic carboxylic acids is 1. The fourth-order valence-electron chi connectivity index (χ4n) is 4.15. The van der Waals surface area contributed by atoms with E-state index in [1.54, 1.807) is 19.2 Å². The number of H-pyrrole nitrogens is 1. The number of nitrogens with one attached hydrogen (secondary N) is 1. The second-order valence-electron chi connectivity index (χ2n) is 7.85. The first-order valence-corrected chi connectivity index (χ1v) is 10.5. The Balaban J connectivity index is 1.26. The van der Waals surface area contributed by atoms with Gasteiger partial charge in [0, 0.05) is 30.2 Å². The van der Waals surface area contributed by atoms with Crippen LogP contribution in [0.1, 0.15) is 40.7 Å². The van der Waals surface area contributed by atoms with Gasteiger partial charge in [-0.2, -0.15) is 0 Å². The summed E-state index contributed by atoms with van der Waals surface area (Å²) in [6, 6.07) is 13.6. The zero-order valence-electron chi connectivity index (χ0n) is 17.4. The van der Waals surface area contributed by atoms with Gasteiger partial charge in [0.2, 0.25) is 0 Å². The minimum absolute atomic E-state index is 0.344. The number of carboxylic acid groups (broad SMARTS) is 1. The van der Waals surface area contributed by atoms with Gasteiger partial charge in [0.25, 0.3) is 0 Å². The van der Waals surface area contributed by atoms with E-state index < -0.39 is 5.97 Å². The maximum atomic E-state index is 11.2. The number of aryl methyl sites for hydroxylation is 1. The van der Waals surface area contributed by atoms with Crippen molar-refractivity contribution < 1.29 is 14.6 Å². The molecule has 0 saturated heterocycles. The number of fused-ring (bicyclic) bond motifs is 1. The third-order valence-corrected chi connectivity index (χ3v) is 5.94. The second-order valence-corrected chi connectivity index (χ2v) is 7.85. The van der Waals surface area contributed by atoms with Crippen molar-refractivity contribution in [3.8, 4) is 5.75 Å². The number of nitrogens with zero attached hydrogens (tertiary/aromatic N) is 1. The van der Waals surface area contributed by atoms with Crippen molar-refractivity contribution in [1.29, 1.82) is 0 Å². The maximum absolute atomic E-state index is 11.2. The number of aromatic amines is 1. The van der Waals surface area contributed by atoms with E-state index in [0.29, 0.717) is 5.56 Å². The van der Waals surface area contributed by atoms with Gasteiger partial charge in [0.15, 0.2) is 0 Å². The lowest BCUT2D eigenvalue weighted by atomic mass is 9.99. The standard InChI is InChI=1S/C25H28N2O3/c1-30-22-8-5-18(6-9-22)19-11-14-27(15-12-19)13-3-2-4-21-17-26-24-10-7-20(25(28)29)16-23(21)24/h5-11,16-17,26H,2-4,12-15H2,1H3,(H,28,29). The van der Waals surface area contributed by atoms with E-state index in [9.17, 15) is 9.90 Å². The third kappa shape index (κ3) is 4.57. The van der Waals surface area contributed by atoms with E-state index in [0.717, 1.165) is 62.0 Å². The molecule has 2 N–H and O–H groups in total. The summed E-state index contributed by atoms with van der Waals surface area (Å²) in [5, 5.41) is 10.2. The van der Waals surface area contributed by atoms with Crippen LogP contribution in [0.4, 0.5) is 0 Å². The Morgan fingerprint density at radius 1 is 1.17 bits per heavy atom. The topological polar surface area (TPSA) is 65.6 Å². The molecule has 0 amide bonds. The minimum Gasteiger partial charge on any atom is -0.497 e. The first-order chi connectivity index (χ1) is 14.6. The van der Waals surface area contributed by atoms with E-state index in [2.05, 4.69) is 28.1 Å². The van der Waals surface area contributed by atoms with Crippen LogP contribution in [0.15, 0.2) is 54.7 Å². The minimum atomic E-state index is -0.879. The highest BCUT2D eigenvalue weighted by molar-refractivity contribution is 5.94. The van der Waals surface area contributed by atoms with Crippen molar-refractivity contribution in [2.24, 2.45) is 0 Å². The predicted molar refractivity (Wildman–Crippen MR) is 120 cm³/mol. The van der Waals surface area contributed by atoms with E-state index in [1.165, 1.54) is 16.7 Å². The van der Waals surface area contributed by atoms with E-state index in [4.69, 9.17) is 4.74 Å². The molecule has 0 unspecified atom stereocenters. The van der Waals surface area contributed by atoms with Crippen LogP contribution in [-0.4, -0.2) is 47.7 Å². The lowest BCUT2D eigenvalue weighted by Crippen LogP contribution is -2.29. The zero-order chi connectivity index (χ0) is 20.9. The summed E-state index contributed by atoms with van der Waals surface area (Å²) in [6.45, 7) is 3.18. The molecule has 1 aliphatic heterocycles. The molecule has 0 spiro atoms. The Bertz CT molecular complexity index is 1050. The number of carboxylic acids is 1. The highest BCUT2D eigenvalue weighted by atomic mass is 16.5. The van der Waals surface area contributed by atoms with Gasteiger partial charge in [-0.25, -0.2) is 4.79 Å². The number of aromatic nitrogens is 1. The van der Waals surface area contributed by atoms with Gasteiger partial charge in [-0.1, -0.05) is 18.2 Å². The molecule has 1 aromatic heterocycles.